The maximum atomic E-state index is 15.1. The highest BCUT2D eigenvalue weighted by atomic mass is 32.1. The van der Waals surface area contributed by atoms with Crippen molar-refractivity contribution >= 4 is 38.4 Å². The number of hydrogen-bond donors (Lipinski definition) is 0. The number of fused-ring (bicyclic) bond motifs is 2. The molecule has 0 radical (unpaired) electrons. The van der Waals surface area contributed by atoms with Gasteiger partial charge in [-0.05, 0) is 50.5 Å². The molecule has 1 saturated carbocycles. The van der Waals surface area contributed by atoms with Crippen molar-refractivity contribution in [3.63, 3.8) is 0 Å². The lowest BCUT2D eigenvalue weighted by Gasteiger charge is -2.35. The first kappa shape index (κ1) is 21.3. The first-order valence-corrected chi connectivity index (χ1v) is 12.4. The van der Waals surface area contributed by atoms with E-state index in [0.29, 0.717) is 23.0 Å². The van der Waals surface area contributed by atoms with Crippen molar-refractivity contribution < 1.29 is 23.5 Å². The molecule has 6 nitrogen and oxygen atoms in total. The summed E-state index contributed by atoms with van der Waals surface area (Å²) >= 11 is 1.31. The van der Waals surface area contributed by atoms with Crippen LogP contribution in [0.25, 0.3) is 10.2 Å². The van der Waals surface area contributed by atoms with E-state index in [2.05, 4.69) is 4.98 Å². The van der Waals surface area contributed by atoms with Crippen LogP contribution in [0.5, 0.6) is 5.75 Å². The Kier molecular flexibility index (Phi) is 5.13. The average Bonchev–Trinajstić information content (AvgIpc) is 3.38. The predicted molar refractivity (Wildman–Crippen MR) is 126 cm³/mol. The van der Waals surface area contributed by atoms with E-state index < -0.39 is 17.8 Å². The SMILES string of the molecule is CCOc1ccc2nc(N3C(=O)C4=C(C(=O)C5CCCCC5O4)C3c3ccccc3F)sc2c1. The maximum absolute atomic E-state index is 15.1. The lowest BCUT2D eigenvalue weighted by Crippen LogP contribution is -2.39. The quantitative estimate of drug-likeness (QED) is 0.507. The zero-order valence-electron chi connectivity index (χ0n) is 18.6. The molecule has 34 heavy (non-hydrogen) atoms. The summed E-state index contributed by atoms with van der Waals surface area (Å²) in [6, 6.07) is 10.9. The third-order valence-electron chi connectivity index (χ3n) is 6.83. The highest BCUT2D eigenvalue weighted by Crippen LogP contribution is 2.49. The predicted octanol–water partition coefficient (Wildman–Crippen LogP) is 5.33. The van der Waals surface area contributed by atoms with Crippen molar-refractivity contribution in [2.24, 2.45) is 5.92 Å². The van der Waals surface area contributed by atoms with Gasteiger partial charge in [-0.15, -0.1) is 0 Å². The third kappa shape index (κ3) is 3.23. The first-order chi connectivity index (χ1) is 16.6. The van der Waals surface area contributed by atoms with E-state index in [1.54, 1.807) is 18.2 Å². The number of Topliss-reactive ketones (excluding diaryl/α,β-unsaturated/α-hetero) is 1. The summed E-state index contributed by atoms with van der Waals surface area (Å²) in [6.07, 6.45) is 3.08. The van der Waals surface area contributed by atoms with E-state index in [-0.39, 0.29) is 34.7 Å². The van der Waals surface area contributed by atoms with Crippen molar-refractivity contribution in [2.45, 2.75) is 44.8 Å². The summed E-state index contributed by atoms with van der Waals surface area (Å²) in [6.45, 7) is 2.45. The minimum Gasteiger partial charge on any atom is -0.494 e. The summed E-state index contributed by atoms with van der Waals surface area (Å²) in [5.74, 6) is -0.546. The number of carbonyl (C=O) groups excluding carboxylic acids is 2. The summed E-state index contributed by atoms with van der Waals surface area (Å²) in [5.41, 5.74) is 1.23. The molecule has 1 fully saturated rings. The third-order valence-corrected chi connectivity index (χ3v) is 7.85. The normalized spacial score (nSPS) is 24.3. The summed E-state index contributed by atoms with van der Waals surface area (Å²) in [5, 5.41) is 0.399. The zero-order valence-corrected chi connectivity index (χ0v) is 19.4. The number of ether oxygens (including phenoxy) is 2. The fourth-order valence-corrected chi connectivity index (χ4v) is 6.31. The van der Waals surface area contributed by atoms with Gasteiger partial charge in [-0.2, -0.15) is 0 Å². The smallest absolute Gasteiger partial charge is 0.296 e. The number of ketones is 1. The molecule has 0 saturated heterocycles. The number of carbonyl (C=O) groups is 2. The number of anilines is 1. The molecular formula is C26H23FN2O4S. The van der Waals surface area contributed by atoms with Gasteiger partial charge >= 0.3 is 0 Å². The molecule has 3 heterocycles. The Bertz CT molecular complexity index is 1350. The van der Waals surface area contributed by atoms with Crippen LogP contribution in [-0.4, -0.2) is 29.4 Å². The second kappa shape index (κ2) is 8.20. The lowest BCUT2D eigenvalue weighted by molar-refractivity contribution is -0.131. The lowest BCUT2D eigenvalue weighted by atomic mass is 9.77. The second-order valence-electron chi connectivity index (χ2n) is 8.81. The standard InChI is InChI=1S/C26H23FN2O4S/c1-2-32-14-11-12-18-20(13-14)34-26(28-18)29-22(15-7-3-5-9-17(15)27)21-23(30)16-8-4-6-10-19(16)33-24(21)25(29)31/h3,5,7,9,11-13,16,19,22H,2,4,6,8,10H2,1H3. The number of benzene rings is 2. The number of nitrogens with zero attached hydrogens (tertiary/aromatic N) is 2. The molecule has 2 aliphatic heterocycles. The first-order valence-electron chi connectivity index (χ1n) is 11.6. The van der Waals surface area contributed by atoms with Crippen LogP contribution in [0.3, 0.4) is 0 Å². The Hall–Kier alpha value is -3.26. The van der Waals surface area contributed by atoms with Gasteiger partial charge in [-0.25, -0.2) is 9.37 Å². The number of thiazole rings is 1. The molecule has 2 aromatic carbocycles. The highest BCUT2D eigenvalue weighted by molar-refractivity contribution is 7.22. The van der Waals surface area contributed by atoms with Crippen molar-refractivity contribution in [1.29, 1.82) is 0 Å². The fraction of sp³-hybridized carbons (Fsp3) is 0.346. The van der Waals surface area contributed by atoms with Crippen LogP contribution in [0.15, 0.2) is 53.8 Å². The highest BCUT2D eigenvalue weighted by Gasteiger charge is 2.53. The molecule has 3 aromatic rings. The van der Waals surface area contributed by atoms with Crippen LogP contribution >= 0.6 is 11.3 Å². The Morgan fingerprint density at radius 2 is 2.00 bits per heavy atom. The molecule has 3 unspecified atom stereocenters. The van der Waals surface area contributed by atoms with Gasteiger partial charge in [-0.1, -0.05) is 36.0 Å². The molecule has 1 aliphatic carbocycles. The molecule has 174 valence electrons. The topological polar surface area (TPSA) is 68.7 Å². The molecular weight excluding hydrogens is 455 g/mol. The number of halogens is 1. The molecule has 8 heteroatoms. The van der Waals surface area contributed by atoms with E-state index >= 15 is 4.39 Å². The van der Waals surface area contributed by atoms with Crippen LogP contribution in [0.4, 0.5) is 9.52 Å². The van der Waals surface area contributed by atoms with Gasteiger partial charge in [0.1, 0.15) is 23.7 Å². The largest absolute Gasteiger partial charge is 0.494 e. The fourth-order valence-electron chi connectivity index (χ4n) is 5.29. The molecule has 0 spiro atoms. The van der Waals surface area contributed by atoms with Gasteiger partial charge in [0.25, 0.3) is 5.91 Å². The van der Waals surface area contributed by atoms with E-state index in [1.807, 2.05) is 25.1 Å². The zero-order chi connectivity index (χ0) is 23.4. The van der Waals surface area contributed by atoms with Crippen LogP contribution < -0.4 is 9.64 Å². The number of aromatic nitrogens is 1. The van der Waals surface area contributed by atoms with Gasteiger partial charge in [0.05, 0.1) is 28.3 Å². The molecule has 3 atom stereocenters. The van der Waals surface area contributed by atoms with Gasteiger partial charge < -0.3 is 9.47 Å². The molecule has 3 aliphatic rings. The Morgan fingerprint density at radius 1 is 1.18 bits per heavy atom. The van der Waals surface area contributed by atoms with Gasteiger partial charge in [0.2, 0.25) is 0 Å². The molecule has 1 amide bonds. The number of hydrogen-bond acceptors (Lipinski definition) is 6. The van der Waals surface area contributed by atoms with Crippen LogP contribution in [0, 0.1) is 11.7 Å². The second-order valence-corrected chi connectivity index (χ2v) is 9.82. The Balaban J connectivity index is 1.50. The average molecular weight is 479 g/mol. The Morgan fingerprint density at radius 3 is 2.82 bits per heavy atom. The summed E-state index contributed by atoms with van der Waals surface area (Å²) in [4.78, 5) is 33.5. The monoisotopic (exact) mass is 478 g/mol. The van der Waals surface area contributed by atoms with E-state index in [4.69, 9.17) is 9.47 Å². The summed E-state index contributed by atoms with van der Waals surface area (Å²) < 4.78 is 27.7. The molecule has 0 N–H and O–H groups in total. The minimum absolute atomic E-state index is 0.0515. The Labute approximate surface area is 200 Å². The van der Waals surface area contributed by atoms with Crippen molar-refractivity contribution in [3.8, 4) is 5.75 Å². The van der Waals surface area contributed by atoms with Crippen LogP contribution in [0.1, 0.15) is 44.2 Å². The van der Waals surface area contributed by atoms with Crippen LogP contribution in [-0.2, 0) is 14.3 Å². The van der Waals surface area contributed by atoms with Crippen molar-refractivity contribution in [2.75, 3.05) is 11.5 Å². The summed E-state index contributed by atoms with van der Waals surface area (Å²) in [7, 11) is 0. The van der Waals surface area contributed by atoms with E-state index in [9.17, 15) is 9.59 Å². The van der Waals surface area contributed by atoms with E-state index in [1.165, 1.54) is 22.3 Å². The van der Waals surface area contributed by atoms with Gasteiger partial charge in [0.15, 0.2) is 16.7 Å². The number of amides is 1. The molecule has 6 rings (SSSR count). The van der Waals surface area contributed by atoms with E-state index in [0.717, 1.165) is 30.4 Å². The molecule has 0 bridgehead atoms. The molecule has 1 aromatic heterocycles. The minimum atomic E-state index is -0.911. The van der Waals surface area contributed by atoms with Gasteiger partial charge in [0, 0.05) is 5.56 Å². The van der Waals surface area contributed by atoms with Crippen molar-refractivity contribution in [3.05, 3.63) is 65.2 Å². The van der Waals surface area contributed by atoms with Crippen LogP contribution in [0.2, 0.25) is 0 Å². The number of rotatable bonds is 4. The van der Waals surface area contributed by atoms with Crippen molar-refractivity contribution in [1.82, 2.24) is 4.98 Å². The van der Waals surface area contributed by atoms with Gasteiger partial charge in [-0.3, -0.25) is 14.5 Å². The maximum Gasteiger partial charge on any atom is 0.296 e.